The summed E-state index contributed by atoms with van der Waals surface area (Å²) in [5.41, 5.74) is 0.654. The lowest BCUT2D eigenvalue weighted by Crippen LogP contribution is -2.35. The summed E-state index contributed by atoms with van der Waals surface area (Å²) < 4.78 is 1.76. The van der Waals surface area contributed by atoms with E-state index in [2.05, 4.69) is 18.9 Å². The average molecular weight is 283 g/mol. The van der Waals surface area contributed by atoms with E-state index in [-0.39, 0.29) is 23.2 Å². The number of hydrogen-bond donors (Lipinski definition) is 0. The predicted octanol–water partition coefficient (Wildman–Crippen LogP) is 4.52. The van der Waals surface area contributed by atoms with Crippen LogP contribution in [0.3, 0.4) is 0 Å². The van der Waals surface area contributed by atoms with Crippen molar-refractivity contribution in [1.29, 1.82) is 0 Å². The van der Waals surface area contributed by atoms with Gasteiger partial charge in [0.25, 0.3) is 0 Å². The maximum atomic E-state index is 12.9. The first-order valence-electron chi connectivity index (χ1n) is 7.12. The molecule has 0 N–H and O–H groups in total. The van der Waals surface area contributed by atoms with Gasteiger partial charge in [-0.2, -0.15) is 5.10 Å². The first kappa shape index (κ1) is 14.6. The largest absolute Gasteiger partial charge is 0.292 e. The number of halogens is 1. The second kappa shape index (κ2) is 5.28. The van der Waals surface area contributed by atoms with Crippen LogP contribution in [0.5, 0.6) is 0 Å². The van der Waals surface area contributed by atoms with Crippen molar-refractivity contribution < 1.29 is 4.79 Å². The van der Waals surface area contributed by atoms with Crippen LogP contribution in [0.2, 0.25) is 5.02 Å². The third kappa shape index (κ3) is 2.71. The Labute approximate surface area is 120 Å². The average Bonchev–Trinajstić information content (AvgIpc) is 2.70. The molecule has 19 heavy (non-hydrogen) atoms. The summed E-state index contributed by atoms with van der Waals surface area (Å²) in [4.78, 5) is 12.9. The molecule has 1 aliphatic carbocycles. The molecule has 0 bridgehead atoms. The Morgan fingerprint density at radius 1 is 1.47 bits per heavy atom. The lowest BCUT2D eigenvalue weighted by Gasteiger charge is -2.37. The maximum absolute atomic E-state index is 12.9. The van der Waals surface area contributed by atoms with Gasteiger partial charge < -0.3 is 0 Å². The molecule has 1 heterocycles. The van der Waals surface area contributed by atoms with E-state index in [1.807, 2.05) is 13.8 Å². The number of Topliss-reactive ketones (excluding diaryl/α,β-unsaturated/α-hetero) is 1. The van der Waals surface area contributed by atoms with E-state index in [9.17, 15) is 4.79 Å². The van der Waals surface area contributed by atoms with Gasteiger partial charge in [-0.1, -0.05) is 38.3 Å². The fourth-order valence-corrected chi connectivity index (χ4v) is 3.33. The summed E-state index contributed by atoms with van der Waals surface area (Å²) in [5.74, 6) is 0.230. The molecule has 1 aromatic rings. The molecule has 1 unspecified atom stereocenters. The fraction of sp³-hybridized carbons (Fsp3) is 0.733. The van der Waals surface area contributed by atoms with Gasteiger partial charge in [0.15, 0.2) is 5.78 Å². The summed E-state index contributed by atoms with van der Waals surface area (Å²) in [6.45, 7) is 8.43. The van der Waals surface area contributed by atoms with Crippen molar-refractivity contribution in [3.63, 3.8) is 0 Å². The minimum Gasteiger partial charge on any atom is -0.292 e. The molecule has 0 aliphatic heterocycles. The summed E-state index contributed by atoms with van der Waals surface area (Å²) in [7, 11) is 0. The first-order valence-corrected chi connectivity index (χ1v) is 7.49. The number of ketones is 1. The Kier molecular flexibility index (Phi) is 4.05. The highest BCUT2D eigenvalue weighted by Gasteiger charge is 2.39. The van der Waals surface area contributed by atoms with E-state index in [4.69, 9.17) is 11.6 Å². The van der Waals surface area contributed by atoms with Gasteiger partial charge in [-0.05, 0) is 32.1 Å². The second-order valence-corrected chi connectivity index (χ2v) is 6.94. The van der Waals surface area contributed by atoms with Gasteiger partial charge in [0.05, 0.1) is 11.2 Å². The molecule has 1 saturated carbocycles. The van der Waals surface area contributed by atoms with Crippen LogP contribution in [0.4, 0.5) is 0 Å². The summed E-state index contributed by atoms with van der Waals surface area (Å²) >= 11 is 6.19. The minimum absolute atomic E-state index is 0.0603. The number of aromatic nitrogens is 2. The molecule has 4 heteroatoms. The molecular weight excluding hydrogens is 260 g/mol. The van der Waals surface area contributed by atoms with E-state index in [0.29, 0.717) is 10.7 Å². The minimum atomic E-state index is 0.0603. The van der Waals surface area contributed by atoms with Crippen LogP contribution in [0, 0.1) is 11.3 Å². The Morgan fingerprint density at radius 2 is 2.16 bits per heavy atom. The van der Waals surface area contributed by atoms with Crippen molar-refractivity contribution >= 4 is 17.4 Å². The Bertz CT molecular complexity index is 476. The standard InChI is InChI=1S/C15H23ClN2O/c1-10(2)18-13(12(16)9-17-18)14(19)11-7-5-6-8-15(11,3)4/h9-11H,5-8H2,1-4H3. The second-order valence-electron chi connectivity index (χ2n) is 6.53. The topological polar surface area (TPSA) is 34.9 Å². The normalized spacial score (nSPS) is 22.7. The molecule has 0 radical (unpaired) electrons. The van der Waals surface area contributed by atoms with Crippen LogP contribution in [-0.4, -0.2) is 15.6 Å². The lowest BCUT2D eigenvalue weighted by molar-refractivity contribution is 0.0684. The monoisotopic (exact) mass is 282 g/mol. The Balaban J connectivity index is 2.36. The van der Waals surface area contributed by atoms with Crippen molar-refractivity contribution in [2.24, 2.45) is 11.3 Å². The van der Waals surface area contributed by atoms with Gasteiger partial charge in [-0.15, -0.1) is 0 Å². The van der Waals surface area contributed by atoms with Crippen LogP contribution in [0.15, 0.2) is 6.20 Å². The molecule has 0 saturated heterocycles. The van der Waals surface area contributed by atoms with Crippen molar-refractivity contribution in [2.75, 3.05) is 0 Å². The molecule has 1 atom stereocenters. The zero-order valence-corrected chi connectivity index (χ0v) is 13.0. The molecule has 106 valence electrons. The van der Waals surface area contributed by atoms with E-state index in [1.165, 1.54) is 6.42 Å². The summed E-state index contributed by atoms with van der Waals surface area (Å²) in [5, 5.41) is 4.73. The Hall–Kier alpha value is -0.830. The zero-order valence-electron chi connectivity index (χ0n) is 12.2. The number of hydrogen-bond acceptors (Lipinski definition) is 2. The molecular formula is C15H23ClN2O. The summed E-state index contributed by atoms with van der Waals surface area (Å²) in [6, 6.07) is 0.151. The van der Waals surface area contributed by atoms with Crippen LogP contribution in [0.1, 0.15) is 69.9 Å². The smallest absolute Gasteiger partial charge is 0.185 e. The van der Waals surface area contributed by atoms with Crippen LogP contribution >= 0.6 is 11.6 Å². The predicted molar refractivity (Wildman–Crippen MR) is 77.7 cm³/mol. The van der Waals surface area contributed by atoms with Crippen molar-refractivity contribution in [3.05, 3.63) is 16.9 Å². The van der Waals surface area contributed by atoms with Crippen molar-refractivity contribution in [2.45, 2.75) is 59.4 Å². The van der Waals surface area contributed by atoms with E-state index in [0.717, 1.165) is 19.3 Å². The van der Waals surface area contributed by atoms with Gasteiger partial charge in [0, 0.05) is 12.0 Å². The molecule has 0 spiro atoms. The molecule has 2 rings (SSSR count). The molecule has 0 aromatic carbocycles. The SMILES string of the molecule is CC(C)n1ncc(Cl)c1C(=O)C1CCCCC1(C)C. The van der Waals surface area contributed by atoms with Crippen molar-refractivity contribution in [3.8, 4) is 0 Å². The Morgan fingerprint density at radius 3 is 2.74 bits per heavy atom. The first-order chi connectivity index (χ1) is 8.84. The highest BCUT2D eigenvalue weighted by Crippen LogP contribution is 2.43. The van der Waals surface area contributed by atoms with Gasteiger partial charge in [0.1, 0.15) is 5.69 Å². The number of nitrogens with zero attached hydrogens (tertiary/aromatic N) is 2. The van der Waals surface area contributed by atoms with E-state index in [1.54, 1.807) is 10.9 Å². The summed E-state index contributed by atoms with van der Waals surface area (Å²) in [6.07, 6.45) is 6.01. The molecule has 0 amide bonds. The zero-order chi connectivity index (χ0) is 14.2. The molecule has 1 aromatic heterocycles. The number of rotatable bonds is 3. The highest BCUT2D eigenvalue weighted by atomic mass is 35.5. The quantitative estimate of drug-likeness (QED) is 0.764. The molecule has 3 nitrogen and oxygen atoms in total. The highest BCUT2D eigenvalue weighted by molar-refractivity contribution is 6.33. The van der Waals surface area contributed by atoms with E-state index < -0.39 is 0 Å². The van der Waals surface area contributed by atoms with Crippen LogP contribution in [0.25, 0.3) is 0 Å². The van der Waals surface area contributed by atoms with Gasteiger partial charge in [-0.3, -0.25) is 9.48 Å². The van der Waals surface area contributed by atoms with Crippen LogP contribution < -0.4 is 0 Å². The lowest BCUT2D eigenvalue weighted by atomic mass is 9.66. The fourth-order valence-electron chi connectivity index (χ4n) is 3.11. The molecule has 1 fully saturated rings. The third-order valence-electron chi connectivity index (χ3n) is 4.30. The molecule has 1 aliphatic rings. The van der Waals surface area contributed by atoms with Gasteiger partial charge >= 0.3 is 0 Å². The number of carbonyl (C=O) groups is 1. The third-order valence-corrected chi connectivity index (χ3v) is 4.57. The van der Waals surface area contributed by atoms with Crippen LogP contribution in [-0.2, 0) is 0 Å². The number of carbonyl (C=O) groups excluding carboxylic acids is 1. The maximum Gasteiger partial charge on any atom is 0.185 e. The van der Waals surface area contributed by atoms with E-state index >= 15 is 0 Å². The van der Waals surface area contributed by atoms with Crippen molar-refractivity contribution in [1.82, 2.24) is 9.78 Å². The van der Waals surface area contributed by atoms with Gasteiger partial charge in [0.2, 0.25) is 0 Å². The van der Waals surface area contributed by atoms with Gasteiger partial charge in [-0.25, -0.2) is 0 Å².